The van der Waals surface area contributed by atoms with Gasteiger partial charge in [-0.2, -0.15) is 0 Å². The van der Waals surface area contributed by atoms with Crippen LogP contribution in [-0.4, -0.2) is 38.1 Å². The Balaban J connectivity index is 1.87. The van der Waals surface area contributed by atoms with Crippen molar-refractivity contribution in [3.8, 4) is 0 Å². The standard InChI is InChI=1S/C21H26N2O2/c1-15-7-4-5-9-17(15)20(13-23(2)3)22-21(24)19-10-6-8-16-14-25-12-11-18(16)19/h4-10,20H,11-14H2,1-3H3,(H,22,24). The molecule has 0 aliphatic carbocycles. The van der Waals surface area contributed by atoms with Crippen molar-refractivity contribution in [3.63, 3.8) is 0 Å². The third-order valence-corrected chi connectivity index (χ3v) is 4.69. The molecule has 1 aliphatic rings. The molecule has 2 aromatic carbocycles. The number of nitrogens with one attached hydrogen (secondary N) is 1. The van der Waals surface area contributed by atoms with Gasteiger partial charge in [0.2, 0.25) is 0 Å². The van der Waals surface area contributed by atoms with E-state index < -0.39 is 0 Å². The Morgan fingerprint density at radius 3 is 2.76 bits per heavy atom. The van der Waals surface area contributed by atoms with Gasteiger partial charge in [0.25, 0.3) is 5.91 Å². The van der Waals surface area contributed by atoms with Crippen LogP contribution in [0.4, 0.5) is 0 Å². The number of nitrogens with zero attached hydrogens (tertiary/aromatic N) is 1. The molecule has 25 heavy (non-hydrogen) atoms. The Labute approximate surface area is 149 Å². The van der Waals surface area contributed by atoms with Crippen LogP contribution in [-0.2, 0) is 17.8 Å². The SMILES string of the molecule is Cc1ccccc1C(CN(C)C)NC(=O)c1cccc2c1CCOC2. The monoisotopic (exact) mass is 338 g/mol. The maximum atomic E-state index is 13.0. The van der Waals surface area contributed by atoms with E-state index in [1.165, 1.54) is 5.56 Å². The van der Waals surface area contributed by atoms with Gasteiger partial charge in [-0.3, -0.25) is 4.79 Å². The summed E-state index contributed by atoms with van der Waals surface area (Å²) in [6, 6.07) is 14.1. The van der Waals surface area contributed by atoms with Crippen LogP contribution in [0.2, 0.25) is 0 Å². The minimum Gasteiger partial charge on any atom is -0.376 e. The van der Waals surface area contributed by atoms with Crippen molar-refractivity contribution >= 4 is 5.91 Å². The van der Waals surface area contributed by atoms with Crippen LogP contribution in [0.1, 0.15) is 38.7 Å². The molecule has 1 atom stereocenters. The molecule has 1 amide bonds. The Kier molecular flexibility index (Phi) is 5.51. The Morgan fingerprint density at radius 2 is 2.00 bits per heavy atom. The average Bonchev–Trinajstić information content (AvgIpc) is 2.60. The third-order valence-electron chi connectivity index (χ3n) is 4.69. The first kappa shape index (κ1) is 17.6. The average molecular weight is 338 g/mol. The van der Waals surface area contributed by atoms with Crippen LogP contribution in [0, 0.1) is 6.92 Å². The normalized spacial score (nSPS) is 14.9. The molecule has 4 nitrogen and oxygen atoms in total. The fourth-order valence-corrected chi connectivity index (χ4v) is 3.43. The van der Waals surface area contributed by atoms with E-state index in [0.717, 1.165) is 35.2 Å². The molecular formula is C21H26N2O2. The minimum absolute atomic E-state index is 0.00569. The lowest BCUT2D eigenvalue weighted by Crippen LogP contribution is -2.36. The van der Waals surface area contributed by atoms with Gasteiger partial charge in [-0.05, 0) is 55.8 Å². The zero-order chi connectivity index (χ0) is 17.8. The van der Waals surface area contributed by atoms with E-state index >= 15 is 0 Å². The Bertz CT molecular complexity index is 755. The van der Waals surface area contributed by atoms with Crippen molar-refractivity contribution < 1.29 is 9.53 Å². The van der Waals surface area contributed by atoms with Crippen LogP contribution >= 0.6 is 0 Å². The van der Waals surface area contributed by atoms with Gasteiger partial charge >= 0.3 is 0 Å². The van der Waals surface area contributed by atoms with Crippen molar-refractivity contribution in [1.29, 1.82) is 0 Å². The Hall–Kier alpha value is -2.17. The summed E-state index contributed by atoms with van der Waals surface area (Å²) in [6.07, 6.45) is 0.793. The second-order valence-corrected chi connectivity index (χ2v) is 6.89. The summed E-state index contributed by atoms with van der Waals surface area (Å²) in [5.74, 6) is -0.00569. The van der Waals surface area contributed by atoms with E-state index in [1.807, 2.05) is 44.4 Å². The van der Waals surface area contributed by atoms with Crippen LogP contribution in [0.3, 0.4) is 0 Å². The summed E-state index contributed by atoms with van der Waals surface area (Å²) in [7, 11) is 4.05. The second kappa shape index (κ2) is 7.81. The minimum atomic E-state index is -0.0422. The molecular weight excluding hydrogens is 312 g/mol. The van der Waals surface area contributed by atoms with E-state index in [2.05, 4.69) is 29.3 Å². The second-order valence-electron chi connectivity index (χ2n) is 6.89. The molecule has 4 heteroatoms. The van der Waals surface area contributed by atoms with E-state index in [-0.39, 0.29) is 11.9 Å². The lowest BCUT2D eigenvalue weighted by molar-refractivity contribution is 0.0919. The van der Waals surface area contributed by atoms with Crippen molar-refractivity contribution in [2.75, 3.05) is 27.2 Å². The van der Waals surface area contributed by atoms with E-state index in [9.17, 15) is 4.79 Å². The third kappa shape index (κ3) is 4.09. The number of carbonyl (C=O) groups is 1. The van der Waals surface area contributed by atoms with E-state index in [1.54, 1.807) is 0 Å². The summed E-state index contributed by atoms with van der Waals surface area (Å²) in [5, 5.41) is 3.25. The zero-order valence-corrected chi connectivity index (χ0v) is 15.2. The molecule has 1 unspecified atom stereocenters. The number of hydrogen-bond acceptors (Lipinski definition) is 3. The molecule has 1 heterocycles. The van der Waals surface area contributed by atoms with Gasteiger partial charge in [-0.1, -0.05) is 36.4 Å². The summed E-state index contributed by atoms with van der Waals surface area (Å²) < 4.78 is 5.51. The van der Waals surface area contributed by atoms with Crippen LogP contribution in [0.25, 0.3) is 0 Å². The highest BCUT2D eigenvalue weighted by Crippen LogP contribution is 2.23. The fourth-order valence-electron chi connectivity index (χ4n) is 3.43. The van der Waals surface area contributed by atoms with Gasteiger partial charge in [0.15, 0.2) is 0 Å². The van der Waals surface area contributed by atoms with E-state index in [4.69, 9.17) is 4.74 Å². The number of hydrogen-bond donors (Lipinski definition) is 1. The number of ether oxygens (including phenoxy) is 1. The highest BCUT2D eigenvalue weighted by atomic mass is 16.5. The molecule has 2 aromatic rings. The largest absolute Gasteiger partial charge is 0.376 e. The molecule has 0 radical (unpaired) electrons. The fraction of sp³-hybridized carbons (Fsp3) is 0.381. The molecule has 1 N–H and O–H groups in total. The quantitative estimate of drug-likeness (QED) is 0.911. The molecule has 0 spiro atoms. The van der Waals surface area contributed by atoms with Crippen molar-refractivity contribution in [2.24, 2.45) is 0 Å². The van der Waals surface area contributed by atoms with E-state index in [0.29, 0.717) is 13.2 Å². The summed E-state index contributed by atoms with van der Waals surface area (Å²) in [4.78, 5) is 15.1. The van der Waals surface area contributed by atoms with Gasteiger partial charge in [0, 0.05) is 12.1 Å². The van der Waals surface area contributed by atoms with Gasteiger partial charge in [0.05, 0.1) is 19.3 Å². The number of aryl methyl sites for hydroxylation is 1. The Morgan fingerprint density at radius 1 is 1.20 bits per heavy atom. The van der Waals surface area contributed by atoms with Crippen LogP contribution < -0.4 is 5.32 Å². The number of likely N-dealkylation sites (N-methyl/N-ethyl adjacent to an activating group) is 1. The zero-order valence-electron chi connectivity index (χ0n) is 15.2. The van der Waals surface area contributed by atoms with Crippen molar-refractivity contribution in [2.45, 2.75) is 26.0 Å². The predicted octanol–water partition coefficient (Wildman–Crippen LogP) is 3.10. The molecule has 0 saturated heterocycles. The summed E-state index contributed by atoms with van der Waals surface area (Å²) in [6.45, 7) is 4.12. The van der Waals surface area contributed by atoms with Crippen molar-refractivity contribution in [3.05, 3.63) is 70.3 Å². The number of fused-ring (bicyclic) bond motifs is 1. The summed E-state index contributed by atoms with van der Waals surface area (Å²) in [5.41, 5.74) is 5.38. The molecule has 0 fully saturated rings. The first-order chi connectivity index (χ1) is 12.1. The topological polar surface area (TPSA) is 41.6 Å². The lowest BCUT2D eigenvalue weighted by atomic mass is 9.95. The van der Waals surface area contributed by atoms with Gasteiger partial charge in [-0.15, -0.1) is 0 Å². The number of benzene rings is 2. The molecule has 132 valence electrons. The maximum absolute atomic E-state index is 13.0. The lowest BCUT2D eigenvalue weighted by Gasteiger charge is -2.26. The van der Waals surface area contributed by atoms with Gasteiger partial charge in [0.1, 0.15) is 0 Å². The van der Waals surface area contributed by atoms with Crippen LogP contribution in [0.5, 0.6) is 0 Å². The van der Waals surface area contributed by atoms with Crippen molar-refractivity contribution in [1.82, 2.24) is 10.2 Å². The number of amides is 1. The molecule has 0 saturated carbocycles. The molecule has 0 bridgehead atoms. The van der Waals surface area contributed by atoms with Gasteiger partial charge < -0.3 is 15.0 Å². The predicted molar refractivity (Wildman–Crippen MR) is 99.7 cm³/mol. The summed E-state index contributed by atoms with van der Waals surface area (Å²) >= 11 is 0. The molecule has 3 rings (SSSR count). The molecule has 0 aromatic heterocycles. The number of rotatable bonds is 5. The maximum Gasteiger partial charge on any atom is 0.252 e. The van der Waals surface area contributed by atoms with Crippen LogP contribution in [0.15, 0.2) is 42.5 Å². The highest BCUT2D eigenvalue weighted by Gasteiger charge is 2.22. The molecule has 1 aliphatic heterocycles. The first-order valence-corrected chi connectivity index (χ1v) is 8.76. The van der Waals surface area contributed by atoms with Gasteiger partial charge in [-0.25, -0.2) is 0 Å². The first-order valence-electron chi connectivity index (χ1n) is 8.76. The highest BCUT2D eigenvalue weighted by molar-refractivity contribution is 5.96. The smallest absolute Gasteiger partial charge is 0.252 e. The number of carbonyl (C=O) groups excluding carboxylic acids is 1.